The Balaban J connectivity index is 1.27. The number of likely N-dealkylation sites (tertiary alicyclic amines) is 1. The highest BCUT2D eigenvalue weighted by atomic mass is 32.2. The smallest absolute Gasteiger partial charge is 0.416 e. The average Bonchev–Trinajstić information content (AvgIpc) is 3.44. The van der Waals surface area contributed by atoms with E-state index in [2.05, 4.69) is 10.0 Å². The molecule has 0 aromatic heterocycles. The van der Waals surface area contributed by atoms with Gasteiger partial charge in [0, 0.05) is 24.5 Å². The number of amides is 2. The maximum absolute atomic E-state index is 12.9. The van der Waals surface area contributed by atoms with Crippen LogP contribution in [0.2, 0.25) is 0 Å². The SMILES string of the molecule is O=C(COc1ccc(S(=O)(=O)Nc2cccc(C(F)(F)F)c2)cc1)Nc1ccc(CC(=O)N2CCCC2)cc1. The van der Waals surface area contributed by atoms with Crippen LogP contribution >= 0.6 is 0 Å². The van der Waals surface area contributed by atoms with Gasteiger partial charge in [-0.1, -0.05) is 18.2 Å². The number of hydrogen-bond donors (Lipinski definition) is 2. The first kappa shape index (κ1) is 28.0. The highest BCUT2D eigenvalue weighted by molar-refractivity contribution is 7.92. The normalized spacial score (nSPS) is 13.7. The number of sulfonamides is 1. The van der Waals surface area contributed by atoms with Crippen molar-refractivity contribution in [3.8, 4) is 5.75 Å². The van der Waals surface area contributed by atoms with Gasteiger partial charge in [-0.15, -0.1) is 0 Å². The van der Waals surface area contributed by atoms with Crippen LogP contribution in [0.1, 0.15) is 24.0 Å². The Kier molecular flexibility index (Phi) is 8.44. The minimum Gasteiger partial charge on any atom is -0.484 e. The third-order valence-corrected chi connectivity index (χ3v) is 7.40. The zero-order valence-electron chi connectivity index (χ0n) is 20.7. The van der Waals surface area contributed by atoms with E-state index in [0.29, 0.717) is 18.2 Å². The standard InChI is InChI=1S/C27H26F3N3O5S/c28-27(29,30)20-4-3-5-22(17-20)32-39(36,37)24-12-10-23(11-13-24)38-18-25(34)31-21-8-6-19(7-9-21)16-26(35)33-14-1-2-15-33/h3-13,17,32H,1-2,14-16,18H2,(H,31,34). The number of carbonyl (C=O) groups is 2. The Morgan fingerprint density at radius 2 is 1.56 bits per heavy atom. The number of halogens is 3. The zero-order chi connectivity index (χ0) is 28.0. The summed E-state index contributed by atoms with van der Waals surface area (Å²) in [4.78, 5) is 26.2. The maximum atomic E-state index is 12.9. The molecule has 206 valence electrons. The molecule has 1 saturated heterocycles. The number of nitrogens with zero attached hydrogens (tertiary/aromatic N) is 1. The van der Waals surface area contributed by atoms with Crippen molar-refractivity contribution in [1.29, 1.82) is 0 Å². The van der Waals surface area contributed by atoms with Gasteiger partial charge in [0.25, 0.3) is 15.9 Å². The predicted molar refractivity (Wildman–Crippen MR) is 139 cm³/mol. The molecule has 0 saturated carbocycles. The Labute approximate surface area is 223 Å². The van der Waals surface area contributed by atoms with Crippen molar-refractivity contribution in [3.05, 3.63) is 83.9 Å². The lowest BCUT2D eigenvalue weighted by molar-refractivity contribution is -0.137. The van der Waals surface area contributed by atoms with E-state index in [4.69, 9.17) is 4.74 Å². The van der Waals surface area contributed by atoms with Crippen LogP contribution < -0.4 is 14.8 Å². The lowest BCUT2D eigenvalue weighted by Gasteiger charge is -2.15. The molecule has 3 aromatic carbocycles. The number of carbonyl (C=O) groups excluding carboxylic acids is 2. The number of ether oxygens (including phenoxy) is 1. The van der Waals surface area contributed by atoms with Gasteiger partial charge < -0.3 is 15.0 Å². The van der Waals surface area contributed by atoms with Crippen LogP contribution in [-0.4, -0.2) is 44.8 Å². The summed E-state index contributed by atoms with van der Waals surface area (Å²) in [5.74, 6) is -0.138. The Morgan fingerprint density at radius 3 is 2.21 bits per heavy atom. The molecule has 1 heterocycles. The van der Waals surface area contributed by atoms with Crippen molar-refractivity contribution in [1.82, 2.24) is 4.90 Å². The van der Waals surface area contributed by atoms with Gasteiger partial charge >= 0.3 is 6.18 Å². The summed E-state index contributed by atoms with van der Waals surface area (Å²) in [6.45, 7) is 1.24. The molecular weight excluding hydrogens is 535 g/mol. The van der Waals surface area contributed by atoms with Crippen LogP contribution in [0.15, 0.2) is 77.7 Å². The van der Waals surface area contributed by atoms with E-state index >= 15 is 0 Å². The first-order valence-electron chi connectivity index (χ1n) is 12.1. The fraction of sp³-hybridized carbons (Fsp3) is 0.259. The molecule has 1 aliphatic heterocycles. The average molecular weight is 562 g/mol. The zero-order valence-corrected chi connectivity index (χ0v) is 21.5. The first-order chi connectivity index (χ1) is 18.5. The van der Waals surface area contributed by atoms with E-state index in [0.717, 1.165) is 43.6 Å². The Morgan fingerprint density at radius 1 is 0.897 bits per heavy atom. The number of benzene rings is 3. The van der Waals surface area contributed by atoms with Gasteiger partial charge in [-0.2, -0.15) is 13.2 Å². The van der Waals surface area contributed by atoms with Gasteiger partial charge in [-0.3, -0.25) is 14.3 Å². The van der Waals surface area contributed by atoms with Gasteiger partial charge in [-0.25, -0.2) is 8.42 Å². The molecule has 1 aliphatic rings. The van der Waals surface area contributed by atoms with E-state index < -0.39 is 27.7 Å². The molecule has 2 amide bonds. The summed E-state index contributed by atoms with van der Waals surface area (Å²) in [5.41, 5.74) is 0.170. The Bertz CT molecular complexity index is 1420. The van der Waals surface area contributed by atoms with Gasteiger partial charge in [0.15, 0.2) is 6.61 Å². The molecule has 12 heteroatoms. The molecule has 39 heavy (non-hydrogen) atoms. The van der Waals surface area contributed by atoms with Crippen molar-refractivity contribution in [2.75, 3.05) is 29.7 Å². The molecule has 0 spiro atoms. The molecular formula is C27H26F3N3O5S. The fourth-order valence-electron chi connectivity index (χ4n) is 3.99. The monoisotopic (exact) mass is 561 g/mol. The molecule has 0 atom stereocenters. The number of nitrogens with one attached hydrogen (secondary N) is 2. The third kappa shape index (κ3) is 7.73. The van der Waals surface area contributed by atoms with E-state index in [1.807, 2.05) is 4.90 Å². The number of alkyl halides is 3. The van der Waals surface area contributed by atoms with Gasteiger partial charge in [0.2, 0.25) is 5.91 Å². The van der Waals surface area contributed by atoms with Crippen molar-refractivity contribution in [3.63, 3.8) is 0 Å². The second kappa shape index (κ2) is 11.8. The predicted octanol–water partition coefficient (Wildman–Crippen LogP) is 4.69. The summed E-state index contributed by atoms with van der Waals surface area (Å²) < 4.78 is 71.4. The third-order valence-electron chi connectivity index (χ3n) is 6.00. The summed E-state index contributed by atoms with van der Waals surface area (Å²) in [5, 5.41) is 2.68. The number of anilines is 2. The van der Waals surface area contributed by atoms with E-state index in [1.165, 1.54) is 30.3 Å². The molecule has 0 unspecified atom stereocenters. The lowest BCUT2D eigenvalue weighted by atomic mass is 10.1. The molecule has 0 bridgehead atoms. The summed E-state index contributed by atoms with van der Waals surface area (Å²) >= 11 is 0. The van der Waals surface area contributed by atoms with E-state index in [9.17, 15) is 31.2 Å². The van der Waals surface area contributed by atoms with Crippen LogP contribution in [-0.2, 0) is 32.2 Å². The topological polar surface area (TPSA) is 105 Å². The van der Waals surface area contributed by atoms with Crippen LogP contribution in [0.4, 0.5) is 24.5 Å². The molecule has 2 N–H and O–H groups in total. The fourth-order valence-corrected chi connectivity index (χ4v) is 5.04. The molecule has 1 fully saturated rings. The lowest BCUT2D eigenvalue weighted by Crippen LogP contribution is -2.29. The van der Waals surface area contributed by atoms with Crippen molar-refractivity contribution < 1.29 is 35.9 Å². The molecule has 3 aromatic rings. The molecule has 0 radical (unpaired) electrons. The van der Waals surface area contributed by atoms with Crippen LogP contribution in [0.5, 0.6) is 5.75 Å². The summed E-state index contributed by atoms with van der Waals surface area (Å²) in [7, 11) is -4.16. The Hall–Kier alpha value is -4.06. The minimum absolute atomic E-state index is 0.0861. The van der Waals surface area contributed by atoms with E-state index in [1.54, 1.807) is 24.3 Å². The van der Waals surface area contributed by atoms with Gasteiger partial charge in [0.1, 0.15) is 5.75 Å². The molecule has 8 nitrogen and oxygen atoms in total. The molecule has 4 rings (SSSR count). The maximum Gasteiger partial charge on any atom is 0.416 e. The van der Waals surface area contributed by atoms with Crippen molar-refractivity contribution >= 4 is 33.2 Å². The van der Waals surface area contributed by atoms with Gasteiger partial charge in [-0.05, 0) is 73.0 Å². The van der Waals surface area contributed by atoms with Crippen LogP contribution in [0, 0.1) is 0 Å². The summed E-state index contributed by atoms with van der Waals surface area (Å²) in [6.07, 6.45) is -2.24. The van der Waals surface area contributed by atoms with Crippen LogP contribution in [0.3, 0.4) is 0 Å². The highest BCUT2D eigenvalue weighted by Crippen LogP contribution is 2.31. The van der Waals surface area contributed by atoms with E-state index in [-0.39, 0.29) is 28.8 Å². The summed E-state index contributed by atoms with van der Waals surface area (Å²) in [6, 6.07) is 15.9. The number of hydrogen-bond acceptors (Lipinski definition) is 5. The van der Waals surface area contributed by atoms with Crippen molar-refractivity contribution in [2.24, 2.45) is 0 Å². The quantitative estimate of drug-likeness (QED) is 0.395. The van der Waals surface area contributed by atoms with Gasteiger partial charge in [0.05, 0.1) is 16.9 Å². The van der Waals surface area contributed by atoms with Crippen LogP contribution in [0.25, 0.3) is 0 Å². The molecule has 0 aliphatic carbocycles. The van der Waals surface area contributed by atoms with Crippen molar-refractivity contribution in [2.45, 2.75) is 30.3 Å². The largest absolute Gasteiger partial charge is 0.484 e. The highest BCUT2D eigenvalue weighted by Gasteiger charge is 2.30. The second-order valence-electron chi connectivity index (χ2n) is 8.95. The number of rotatable bonds is 9. The first-order valence-corrected chi connectivity index (χ1v) is 13.6. The minimum atomic E-state index is -4.61. The second-order valence-corrected chi connectivity index (χ2v) is 10.6.